The highest BCUT2D eigenvalue weighted by atomic mass is 32.1. The maximum atomic E-state index is 15.6. The molecule has 76 heavy (non-hydrogen) atoms. The number of aromatic nitrogens is 2. The standard InChI is InChI=1S/C68H104N4O2S2/c1-7-11-15-19-23-27-31-35-39-55(40-36-32-28-24-20-16-12-8-2)51-71-60-47-53(5)69-49-57(60)67(73)65(71)66-68(74)58-50-70-59(62-45-46-64(76-62)63-44-43-54(6)75-63)48-61(58)72(66)52-56(41-37-33-29-25-21-17-13-9-3)42-38-34-30-26-22-18-14-10-4/h43-50,55-56H,7-42,51-52H2,1-6H3/b66-65+. The number of thiophene rings is 2. The molecule has 6 rings (SSSR count). The molecule has 0 unspecified atom stereocenters. The predicted molar refractivity (Wildman–Crippen MR) is 331 cm³/mol. The van der Waals surface area contributed by atoms with E-state index in [1.54, 1.807) is 17.5 Å². The van der Waals surface area contributed by atoms with Crippen molar-refractivity contribution in [3.8, 4) is 20.3 Å². The lowest BCUT2D eigenvalue weighted by molar-refractivity contribution is 0.100. The summed E-state index contributed by atoms with van der Waals surface area (Å²) in [6.07, 6.45) is 49.9. The molecule has 0 atom stereocenters. The van der Waals surface area contributed by atoms with Crippen molar-refractivity contribution in [2.75, 3.05) is 22.9 Å². The third kappa shape index (κ3) is 19.3. The van der Waals surface area contributed by atoms with E-state index in [-0.39, 0.29) is 11.6 Å². The molecule has 4 aromatic heterocycles. The highest BCUT2D eigenvalue weighted by Crippen LogP contribution is 2.46. The minimum Gasteiger partial charge on any atom is -0.335 e. The third-order valence-electron chi connectivity index (χ3n) is 16.8. The minimum absolute atomic E-state index is 0.0495. The van der Waals surface area contributed by atoms with Crippen LogP contribution in [0, 0.1) is 25.7 Å². The zero-order chi connectivity index (χ0) is 53.7. The number of carbonyl (C=O) groups is 2. The number of hydrogen-bond donors (Lipinski definition) is 0. The summed E-state index contributed by atoms with van der Waals surface area (Å²) in [6.45, 7) is 14.9. The number of rotatable bonds is 42. The third-order valence-corrected chi connectivity index (χ3v) is 19.1. The molecule has 0 N–H and O–H groups in total. The van der Waals surface area contributed by atoms with Crippen molar-refractivity contribution in [3.05, 3.63) is 81.9 Å². The van der Waals surface area contributed by atoms with Crippen LogP contribution in [0.3, 0.4) is 0 Å². The lowest BCUT2D eigenvalue weighted by Gasteiger charge is -2.31. The summed E-state index contributed by atoms with van der Waals surface area (Å²) in [5.41, 5.74) is 6.06. The van der Waals surface area contributed by atoms with Crippen LogP contribution in [0.1, 0.15) is 290 Å². The van der Waals surface area contributed by atoms with Gasteiger partial charge in [-0.2, -0.15) is 0 Å². The number of aryl methyl sites for hydroxylation is 2. The topological polar surface area (TPSA) is 66.4 Å². The average molecular weight is 1070 g/mol. The number of anilines is 2. The average Bonchev–Trinajstić information content (AvgIpc) is 4.37. The zero-order valence-electron chi connectivity index (χ0n) is 49.1. The van der Waals surface area contributed by atoms with Crippen molar-refractivity contribution < 1.29 is 9.59 Å². The number of carbonyl (C=O) groups excluding carboxylic acids is 2. The summed E-state index contributed by atoms with van der Waals surface area (Å²) >= 11 is 3.60. The Morgan fingerprint density at radius 1 is 0.408 bits per heavy atom. The molecule has 0 aliphatic carbocycles. The van der Waals surface area contributed by atoms with E-state index >= 15 is 9.59 Å². The first-order valence-corrected chi connectivity index (χ1v) is 33.4. The van der Waals surface area contributed by atoms with Crippen molar-refractivity contribution in [2.45, 2.75) is 273 Å². The fourth-order valence-corrected chi connectivity index (χ4v) is 14.1. The van der Waals surface area contributed by atoms with E-state index in [0.29, 0.717) is 34.4 Å². The highest BCUT2D eigenvalue weighted by molar-refractivity contribution is 7.23. The quantitative estimate of drug-likeness (QED) is 0.0325. The summed E-state index contributed by atoms with van der Waals surface area (Å²) in [6, 6.07) is 13.2. The van der Waals surface area contributed by atoms with Crippen LogP contribution in [0.15, 0.2) is 60.2 Å². The lowest BCUT2D eigenvalue weighted by atomic mass is 9.92. The SMILES string of the molecule is CCCCCCCCCCC(CCCCCCCCCC)CN1/C(=C2\C(=O)c3cnc(-c4ccc(-c5ccc(C)s5)s4)cc3N2CC(CCCCCCCCCC)CCCCCCCCCC)C(=O)c2cnc(C)cc21. The molecule has 4 aromatic rings. The molecule has 0 saturated heterocycles. The Kier molecular flexibility index (Phi) is 28.4. The Balaban J connectivity index is 1.35. The van der Waals surface area contributed by atoms with Crippen molar-refractivity contribution >= 4 is 45.6 Å². The van der Waals surface area contributed by atoms with Crippen molar-refractivity contribution in [1.82, 2.24) is 9.97 Å². The lowest BCUT2D eigenvalue weighted by Crippen LogP contribution is -2.35. The van der Waals surface area contributed by atoms with Gasteiger partial charge in [-0.05, 0) is 87.8 Å². The predicted octanol–water partition coefficient (Wildman–Crippen LogP) is 21.8. The van der Waals surface area contributed by atoms with Gasteiger partial charge in [-0.15, -0.1) is 22.7 Å². The number of Topliss-reactive ketones (excluding diaryl/α,β-unsaturated/α-hetero) is 2. The van der Waals surface area contributed by atoms with Crippen molar-refractivity contribution in [3.63, 3.8) is 0 Å². The van der Waals surface area contributed by atoms with E-state index in [4.69, 9.17) is 9.97 Å². The number of fused-ring (bicyclic) bond motifs is 2. The van der Waals surface area contributed by atoms with Gasteiger partial charge in [-0.25, -0.2) is 0 Å². The first-order chi connectivity index (χ1) is 37.3. The van der Waals surface area contributed by atoms with Crippen molar-refractivity contribution in [1.29, 1.82) is 0 Å². The van der Waals surface area contributed by atoms with Crippen LogP contribution >= 0.6 is 22.7 Å². The summed E-state index contributed by atoms with van der Waals surface area (Å²) in [5.74, 6) is 0.711. The minimum atomic E-state index is -0.0542. The molecule has 0 saturated carbocycles. The van der Waals surface area contributed by atoms with E-state index in [1.807, 2.05) is 24.5 Å². The van der Waals surface area contributed by atoms with Crippen LogP contribution in [-0.2, 0) is 0 Å². The maximum absolute atomic E-state index is 15.6. The Morgan fingerprint density at radius 2 is 0.750 bits per heavy atom. The van der Waals surface area contributed by atoms with Gasteiger partial charge in [-0.1, -0.05) is 233 Å². The Bertz CT molecular complexity index is 2290. The van der Waals surface area contributed by atoms with Crippen LogP contribution in [-0.4, -0.2) is 34.6 Å². The van der Waals surface area contributed by atoms with Crippen LogP contribution in [0.2, 0.25) is 0 Å². The molecule has 2 aliphatic rings. The molecule has 0 spiro atoms. The maximum Gasteiger partial charge on any atom is 0.215 e. The van der Waals surface area contributed by atoms with Gasteiger partial charge in [0.25, 0.3) is 0 Å². The molecule has 0 amide bonds. The molecule has 0 aromatic carbocycles. The Hall–Kier alpha value is -3.62. The number of allylic oxidation sites excluding steroid dienone is 2. The van der Waals surface area contributed by atoms with Crippen molar-refractivity contribution in [2.24, 2.45) is 11.8 Å². The fraction of sp³-hybridized carbons (Fsp3) is 0.676. The highest BCUT2D eigenvalue weighted by Gasteiger charge is 2.44. The summed E-state index contributed by atoms with van der Waals surface area (Å²) in [7, 11) is 0. The van der Waals surface area contributed by atoms with Gasteiger partial charge in [-0.3, -0.25) is 19.6 Å². The normalized spacial score (nSPS) is 14.4. The van der Waals surface area contributed by atoms with E-state index in [9.17, 15) is 0 Å². The summed E-state index contributed by atoms with van der Waals surface area (Å²) in [4.78, 5) is 50.4. The van der Waals surface area contributed by atoms with Gasteiger partial charge in [0.15, 0.2) is 0 Å². The zero-order valence-corrected chi connectivity index (χ0v) is 50.7. The van der Waals surface area contributed by atoms with Gasteiger partial charge >= 0.3 is 0 Å². The fourth-order valence-electron chi connectivity index (χ4n) is 12.1. The number of pyridine rings is 2. The number of ketones is 2. The van der Waals surface area contributed by atoms with Gasteiger partial charge in [0.2, 0.25) is 11.6 Å². The van der Waals surface area contributed by atoms with Crippen LogP contribution in [0.25, 0.3) is 20.3 Å². The molecule has 8 heteroatoms. The second-order valence-electron chi connectivity index (χ2n) is 23.4. The second kappa shape index (κ2) is 35.1. The first kappa shape index (κ1) is 61.6. The monoisotopic (exact) mass is 1070 g/mol. The van der Waals surface area contributed by atoms with Crippen LogP contribution in [0.4, 0.5) is 11.4 Å². The molecule has 6 heterocycles. The molecular weight excluding hydrogens is 969 g/mol. The molecular formula is C68H104N4O2S2. The number of nitrogens with zero attached hydrogens (tertiary/aromatic N) is 4. The number of unbranched alkanes of at least 4 members (excludes halogenated alkanes) is 28. The van der Waals surface area contributed by atoms with E-state index in [0.717, 1.165) is 66.4 Å². The van der Waals surface area contributed by atoms with Crippen LogP contribution < -0.4 is 9.80 Å². The van der Waals surface area contributed by atoms with Gasteiger partial charge in [0.1, 0.15) is 11.4 Å². The van der Waals surface area contributed by atoms with Gasteiger partial charge in [0.05, 0.1) is 33.1 Å². The molecule has 0 radical (unpaired) electrons. The molecule has 420 valence electrons. The summed E-state index contributed by atoms with van der Waals surface area (Å²) in [5, 5.41) is 0. The molecule has 6 nitrogen and oxygen atoms in total. The molecule has 0 bridgehead atoms. The van der Waals surface area contributed by atoms with E-state index < -0.39 is 0 Å². The Labute approximate surface area is 472 Å². The Morgan fingerprint density at radius 3 is 1.14 bits per heavy atom. The number of hydrogen-bond acceptors (Lipinski definition) is 8. The van der Waals surface area contributed by atoms with E-state index in [1.165, 1.54) is 220 Å². The summed E-state index contributed by atoms with van der Waals surface area (Å²) < 4.78 is 0. The van der Waals surface area contributed by atoms with E-state index in [2.05, 4.69) is 80.8 Å². The molecule has 2 aliphatic heterocycles. The van der Waals surface area contributed by atoms with Gasteiger partial charge in [0, 0.05) is 45.8 Å². The van der Waals surface area contributed by atoms with Gasteiger partial charge < -0.3 is 9.80 Å². The molecule has 0 fully saturated rings. The smallest absolute Gasteiger partial charge is 0.215 e. The van der Waals surface area contributed by atoms with Crippen LogP contribution in [0.5, 0.6) is 0 Å². The largest absolute Gasteiger partial charge is 0.335 e. The second-order valence-corrected chi connectivity index (χ2v) is 25.7. The first-order valence-electron chi connectivity index (χ1n) is 31.8.